The smallest absolute Gasteiger partial charge is 0.146 e. The molecule has 2 unspecified atom stereocenters. The molecule has 1 saturated heterocycles. The molecule has 112 valence electrons. The fraction of sp³-hybridized carbons (Fsp3) is 0.625. The third kappa shape index (κ3) is 3.93. The molecule has 0 saturated carbocycles. The van der Waals surface area contributed by atoms with Crippen LogP contribution in [0.25, 0.3) is 0 Å². The van der Waals surface area contributed by atoms with Gasteiger partial charge in [-0.15, -0.1) is 0 Å². The lowest BCUT2D eigenvalue weighted by Gasteiger charge is -2.26. The molecule has 0 aromatic heterocycles. The molecule has 3 nitrogen and oxygen atoms in total. The molecule has 1 N–H and O–H groups in total. The molecule has 2 atom stereocenters. The van der Waals surface area contributed by atoms with E-state index in [1.54, 1.807) is 6.07 Å². The first kappa shape index (κ1) is 15.3. The number of hydrogen-bond acceptors (Lipinski definition) is 3. The minimum atomic E-state index is -0.151. The van der Waals surface area contributed by atoms with E-state index >= 15 is 0 Å². The maximum absolute atomic E-state index is 13.8. The molecule has 20 heavy (non-hydrogen) atoms. The van der Waals surface area contributed by atoms with Crippen molar-refractivity contribution in [2.45, 2.75) is 38.8 Å². The lowest BCUT2D eigenvalue weighted by molar-refractivity contribution is 0.0840. The second-order valence-corrected chi connectivity index (χ2v) is 5.33. The molecule has 1 fully saturated rings. The van der Waals surface area contributed by atoms with Gasteiger partial charge >= 0.3 is 0 Å². The van der Waals surface area contributed by atoms with E-state index in [2.05, 4.69) is 24.1 Å². The van der Waals surface area contributed by atoms with Gasteiger partial charge in [-0.3, -0.25) is 0 Å². The van der Waals surface area contributed by atoms with Crippen molar-refractivity contribution < 1.29 is 9.13 Å². The van der Waals surface area contributed by atoms with Gasteiger partial charge < -0.3 is 15.0 Å². The minimum Gasteiger partial charge on any atom is -0.377 e. The van der Waals surface area contributed by atoms with Gasteiger partial charge in [0.05, 0.1) is 11.8 Å². The number of likely N-dealkylation sites (N-methyl/N-ethyl adjacent to an activating group) is 1. The van der Waals surface area contributed by atoms with Crippen LogP contribution < -0.4 is 10.2 Å². The standard InChI is InChI=1S/C16H25FN2O/c1-3-19(15-8-5-4-7-14(15)17)11-10-18-13(2)16-9-6-12-20-16/h4-5,7-8,13,16,18H,3,6,9-12H2,1-2H3. The summed E-state index contributed by atoms with van der Waals surface area (Å²) in [6.07, 6.45) is 2.63. The molecule has 0 radical (unpaired) electrons. The zero-order valence-corrected chi connectivity index (χ0v) is 12.4. The Kier molecular flexibility index (Phi) is 5.80. The quantitative estimate of drug-likeness (QED) is 0.831. The van der Waals surface area contributed by atoms with Gasteiger partial charge in [-0.05, 0) is 38.8 Å². The summed E-state index contributed by atoms with van der Waals surface area (Å²) >= 11 is 0. The summed E-state index contributed by atoms with van der Waals surface area (Å²) in [7, 11) is 0. The number of rotatable bonds is 7. The number of hydrogen-bond donors (Lipinski definition) is 1. The van der Waals surface area contributed by atoms with Crippen LogP contribution in [0.15, 0.2) is 24.3 Å². The maximum Gasteiger partial charge on any atom is 0.146 e. The first-order chi connectivity index (χ1) is 9.72. The molecule has 1 aliphatic heterocycles. The first-order valence-electron chi connectivity index (χ1n) is 7.57. The van der Waals surface area contributed by atoms with Crippen molar-refractivity contribution in [3.63, 3.8) is 0 Å². The van der Waals surface area contributed by atoms with E-state index in [1.807, 2.05) is 12.1 Å². The van der Waals surface area contributed by atoms with Gasteiger partial charge in [0.2, 0.25) is 0 Å². The van der Waals surface area contributed by atoms with Crippen LogP contribution in [0.2, 0.25) is 0 Å². The Morgan fingerprint density at radius 3 is 2.90 bits per heavy atom. The Bertz CT molecular complexity index is 407. The van der Waals surface area contributed by atoms with E-state index in [0.717, 1.165) is 39.1 Å². The second kappa shape index (κ2) is 7.60. The highest BCUT2D eigenvalue weighted by Crippen LogP contribution is 2.18. The topological polar surface area (TPSA) is 24.5 Å². The van der Waals surface area contributed by atoms with E-state index in [4.69, 9.17) is 4.74 Å². The van der Waals surface area contributed by atoms with E-state index in [-0.39, 0.29) is 5.82 Å². The van der Waals surface area contributed by atoms with Crippen LogP contribution in [-0.4, -0.2) is 38.4 Å². The molecule has 0 spiro atoms. The molecule has 1 heterocycles. The van der Waals surface area contributed by atoms with Crippen LogP contribution in [0, 0.1) is 5.82 Å². The van der Waals surface area contributed by atoms with Crippen molar-refractivity contribution in [3.05, 3.63) is 30.1 Å². The third-order valence-corrected chi connectivity index (χ3v) is 3.95. The van der Waals surface area contributed by atoms with Gasteiger partial charge in [-0.2, -0.15) is 0 Å². The summed E-state index contributed by atoms with van der Waals surface area (Å²) in [5, 5.41) is 3.49. The van der Waals surface area contributed by atoms with Crippen molar-refractivity contribution in [3.8, 4) is 0 Å². The molecule has 1 aromatic rings. The normalized spacial score (nSPS) is 20.1. The maximum atomic E-state index is 13.8. The molecular weight excluding hydrogens is 255 g/mol. The SMILES string of the molecule is CCN(CCNC(C)C1CCCO1)c1ccccc1F. The van der Waals surface area contributed by atoms with Gasteiger partial charge in [-0.25, -0.2) is 4.39 Å². The lowest BCUT2D eigenvalue weighted by atomic mass is 10.1. The van der Waals surface area contributed by atoms with E-state index in [0.29, 0.717) is 17.8 Å². The predicted molar refractivity (Wildman–Crippen MR) is 80.7 cm³/mol. The minimum absolute atomic E-state index is 0.151. The molecule has 1 aromatic carbocycles. The van der Waals surface area contributed by atoms with E-state index in [9.17, 15) is 4.39 Å². The zero-order chi connectivity index (χ0) is 14.4. The summed E-state index contributed by atoms with van der Waals surface area (Å²) < 4.78 is 19.4. The van der Waals surface area contributed by atoms with E-state index in [1.165, 1.54) is 6.07 Å². The first-order valence-corrected chi connectivity index (χ1v) is 7.57. The van der Waals surface area contributed by atoms with Crippen LogP contribution in [0.5, 0.6) is 0 Å². The molecule has 0 aliphatic carbocycles. The van der Waals surface area contributed by atoms with E-state index < -0.39 is 0 Å². The van der Waals surface area contributed by atoms with Crippen LogP contribution >= 0.6 is 0 Å². The highest BCUT2D eigenvalue weighted by atomic mass is 19.1. The number of benzene rings is 1. The van der Waals surface area contributed by atoms with Crippen molar-refractivity contribution in [2.75, 3.05) is 31.1 Å². The highest BCUT2D eigenvalue weighted by molar-refractivity contribution is 5.47. The molecule has 0 bridgehead atoms. The van der Waals surface area contributed by atoms with Gasteiger partial charge in [-0.1, -0.05) is 12.1 Å². The molecule has 0 amide bonds. The Labute approximate surface area is 121 Å². The number of anilines is 1. The number of nitrogens with zero attached hydrogens (tertiary/aromatic N) is 1. The van der Waals surface area contributed by atoms with Gasteiger partial charge in [0.1, 0.15) is 5.82 Å². The second-order valence-electron chi connectivity index (χ2n) is 5.33. The summed E-state index contributed by atoms with van der Waals surface area (Å²) in [5.74, 6) is -0.151. The molecule has 2 rings (SSSR count). The predicted octanol–water partition coefficient (Wildman–Crippen LogP) is 2.81. The summed E-state index contributed by atoms with van der Waals surface area (Å²) in [6.45, 7) is 7.53. The number of halogens is 1. The molecule has 1 aliphatic rings. The number of ether oxygens (including phenoxy) is 1. The number of nitrogens with one attached hydrogen (secondary N) is 1. The highest BCUT2D eigenvalue weighted by Gasteiger charge is 2.21. The van der Waals surface area contributed by atoms with Crippen molar-refractivity contribution in [1.82, 2.24) is 5.32 Å². The van der Waals surface area contributed by atoms with Crippen LogP contribution in [0.1, 0.15) is 26.7 Å². The summed E-state index contributed by atoms with van der Waals surface area (Å²) in [4.78, 5) is 2.06. The Hall–Kier alpha value is -1.13. The van der Waals surface area contributed by atoms with Crippen LogP contribution in [0.4, 0.5) is 10.1 Å². The van der Waals surface area contributed by atoms with Gasteiger partial charge in [0.15, 0.2) is 0 Å². The molecule has 4 heteroatoms. The van der Waals surface area contributed by atoms with Crippen LogP contribution in [-0.2, 0) is 4.74 Å². The summed E-state index contributed by atoms with van der Waals surface area (Å²) in [6, 6.07) is 7.31. The van der Waals surface area contributed by atoms with Crippen molar-refractivity contribution in [1.29, 1.82) is 0 Å². The number of para-hydroxylation sites is 1. The average molecular weight is 280 g/mol. The third-order valence-electron chi connectivity index (χ3n) is 3.95. The van der Waals surface area contributed by atoms with Crippen molar-refractivity contribution >= 4 is 5.69 Å². The lowest BCUT2D eigenvalue weighted by Crippen LogP contribution is -2.41. The summed E-state index contributed by atoms with van der Waals surface area (Å²) in [5.41, 5.74) is 0.682. The zero-order valence-electron chi connectivity index (χ0n) is 12.4. The van der Waals surface area contributed by atoms with Crippen molar-refractivity contribution in [2.24, 2.45) is 0 Å². The Morgan fingerprint density at radius 2 is 2.25 bits per heavy atom. The fourth-order valence-corrected chi connectivity index (χ4v) is 2.71. The van der Waals surface area contributed by atoms with Crippen LogP contribution in [0.3, 0.4) is 0 Å². The van der Waals surface area contributed by atoms with Gasteiger partial charge in [0.25, 0.3) is 0 Å². The van der Waals surface area contributed by atoms with Gasteiger partial charge in [0, 0.05) is 32.3 Å². The molecular formula is C16H25FN2O. The average Bonchev–Trinajstić information content (AvgIpc) is 2.99. The fourth-order valence-electron chi connectivity index (χ4n) is 2.71. The Morgan fingerprint density at radius 1 is 1.45 bits per heavy atom. The Balaban J connectivity index is 1.80. The monoisotopic (exact) mass is 280 g/mol. The largest absolute Gasteiger partial charge is 0.377 e.